The molecule has 1 aliphatic rings. The summed E-state index contributed by atoms with van der Waals surface area (Å²) in [6, 6.07) is 6.50. The van der Waals surface area contributed by atoms with Gasteiger partial charge in [-0.1, -0.05) is 22.9 Å². The van der Waals surface area contributed by atoms with E-state index in [1.54, 1.807) is 36.1 Å². The number of hydrogen-bond donors (Lipinski definition) is 1. The van der Waals surface area contributed by atoms with Crippen LogP contribution in [0.5, 0.6) is 5.75 Å². The summed E-state index contributed by atoms with van der Waals surface area (Å²) in [7, 11) is 1.27. The predicted molar refractivity (Wildman–Crippen MR) is 103 cm³/mol. The quantitative estimate of drug-likeness (QED) is 0.657. The van der Waals surface area contributed by atoms with Gasteiger partial charge in [0.25, 0.3) is 0 Å². The fourth-order valence-corrected chi connectivity index (χ4v) is 3.26. The number of nitrogens with one attached hydrogen (secondary N) is 1. The van der Waals surface area contributed by atoms with E-state index in [1.807, 2.05) is 0 Å². The topological polar surface area (TPSA) is 84.9 Å². The summed E-state index contributed by atoms with van der Waals surface area (Å²) >= 11 is 3.33. The second-order valence-corrected chi connectivity index (χ2v) is 7.20. The third kappa shape index (κ3) is 5.95. The summed E-state index contributed by atoms with van der Waals surface area (Å²) in [5.41, 5.74) is 0. The van der Waals surface area contributed by atoms with Crippen molar-refractivity contribution in [2.45, 2.75) is 44.8 Å². The number of methoxy groups -OCH3 is 1. The van der Waals surface area contributed by atoms with Crippen molar-refractivity contribution >= 4 is 33.7 Å². The van der Waals surface area contributed by atoms with Gasteiger partial charge in [0.1, 0.15) is 11.8 Å². The zero-order chi connectivity index (χ0) is 19.8. The summed E-state index contributed by atoms with van der Waals surface area (Å²) in [5.74, 6) is -0.401. The Labute approximate surface area is 167 Å². The van der Waals surface area contributed by atoms with Crippen molar-refractivity contribution in [2.75, 3.05) is 20.2 Å². The van der Waals surface area contributed by atoms with E-state index in [0.717, 1.165) is 17.3 Å². The molecule has 8 heteroatoms. The van der Waals surface area contributed by atoms with Gasteiger partial charge in [0.2, 0.25) is 17.9 Å². The average Bonchev–Trinajstić information content (AvgIpc) is 2.71. The first-order valence-corrected chi connectivity index (χ1v) is 9.82. The van der Waals surface area contributed by atoms with Gasteiger partial charge in [-0.15, -0.1) is 0 Å². The first kappa shape index (κ1) is 21.2. The summed E-state index contributed by atoms with van der Waals surface area (Å²) in [4.78, 5) is 38.4. The van der Waals surface area contributed by atoms with Gasteiger partial charge in [-0.2, -0.15) is 0 Å². The van der Waals surface area contributed by atoms with Crippen LogP contribution in [-0.2, 0) is 19.1 Å². The lowest BCUT2D eigenvalue weighted by atomic mass is 10.0. The lowest BCUT2D eigenvalue weighted by Crippen LogP contribution is -2.53. The van der Waals surface area contributed by atoms with Gasteiger partial charge in [0, 0.05) is 17.4 Å². The molecule has 1 aliphatic heterocycles. The normalized spacial score (nSPS) is 17.7. The summed E-state index contributed by atoms with van der Waals surface area (Å²) in [6.45, 7) is 2.33. The highest BCUT2D eigenvalue weighted by atomic mass is 79.9. The van der Waals surface area contributed by atoms with Crippen molar-refractivity contribution in [3.8, 4) is 5.75 Å². The molecule has 1 fully saturated rings. The molecule has 1 heterocycles. The van der Waals surface area contributed by atoms with Crippen LogP contribution in [0.15, 0.2) is 28.7 Å². The van der Waals surface area contributed by atoms with Gasteiger partial charge in [-0.25, -0.2) is 4.79 Å². The number of benzene rings is 1. The Bertz CT molecular complexity index is 665. The molecule has 0 bridgehead atoms. The second kappa shape index (κ2) is 10.3. The van der Waals surface area contributed by atoms with Gasteiger partial charge in [-0.3, -0.25) is 9.59 Å². The van der Waals surface area contributed by atoms with Crippen LogP contribution in [0.3, 0.4) is 0 Å². The number of amides is 2. The van der Waals surface area contributed by atoms with Crippen molar-refractivity contribution in [3.63, 3.8) is 0 Å². The van der Waals surface area contributed by atoms with Crippen molar-refractivity contribution < 1.29 is 23.9 Å². The van der Waals surface area contributed by atoms with E-state index in [0.29, 0.717) is 25.1 Å². The van der Waals surface area contributed by atoms with Crippen LogP contribution in [0.4, 0.5) is 0 Å². The van der Waals surface area contributed by atoms with Crippen molar-refractivity contribution in [3.05, 3.63) is 28.7 Å². The Hall–Kier alpha value is -2.09. The lowest BCUT2D eigenvalue weighted by Gasteiger charge is -2.34. The molecular formula is C19H25BrN2O5. The first-order chi connectivity index (χ1) is 13.0. The molecule has 1 saturated heterocycles. The summed E-state index contributed by atoms with van der Waals surface area (Å²) in [6.07, 6.45) is 1.79. The van der Waals surface area contributed by atoms with Gasteiger partial charge in [0.15, 0.2) is 0 Å². The molecule has 0 saturated carbocycles. The third-order valence-electron chi connectivity index (χ3n) is 4.45. The van der Waals surface area contributed by atoms with Gasteiger partial charge in [-0.05, 0) is 43.5 Å². The Morgan fingerprint density at radius 3 is 2.59 bits per heavy atom. The molecular weight excluding hydrogens is 416 g/mol. The number of carbonyl (C=O) groups excluding carboxylic acids is 3. The van der Waals surface area contributed by atoms with Crippen LogP contribution in [0.25, 0.3) is 0 Å². The molecule has 1 N–H and O–H groups in total. The Morgan fingerprint density at radius 2 is 1.96 bits per heavy atom. The standard InChI is InChI=1S/C19H25BrN2O5/c1-3-17(23)22-11-5-4-6-15(22)18(24)21-12-16(19(25)26-2)27-14-9-7-13(20)8-10-14/h7-10,15-16H,3-6,11-12H2,1-2H3,(H,21,24). The van der Waals surface area contributed by atoms with E-state index >= 15 is 0 Å². The molecule has 0 spiro atoms. The zero-order valence-corrected chi connectivity index (χ0v) is 17.2. The maximum absolute atomic E-state index is 12.6. The molecule has 2 unspecified atom stereocenters. The molecule has 27 heavy (non-hydrogen) atoms. The highest BCUT2D eigenvalue weighted by Crippen LogP contribution is 2.19. The Balaban J connectivity index is 2.00. The molecule has 7 nitrogen and oxygen atoms in total. The minimum absolute atomic E-state index is 0.0355. The van der Waals surface area contributed by atoms with Crippen LogP contribution in [-0.4, -0.2) is 55.0 Å². The molecule has 2 amide bonds. The van der Waals surface area contributed by atoms with Crippen LogP contribution in [0, 0.1) is 0 Å². The molecule has 1 aromatic rings. The van der Waals surface area contributed by atoms with Crippen LogP contribution >= 0.6 is 15.9 Å². The monoisotopic (exact) mass is 440 g/mol. The highest BCUT2D eigenvalue weighted by Gasteiger charge is 2.32. The number of nitrogens with zero attached hydrogens (tertiary/aromatic N) is 1. The molecule has 0 aliphatic carbocycles. The minimum Gasteiger partial charge on any atom is -0.477 e. The first-order valence-electron chi connectivity index (χ1n) is 9.03. The molecule has 0 radical (unpaired) electrons. The van der Waals surface area contributed by atoms with E-state index in [9.17, 15) is 14.4 Å². The zero-order valence-electron chi connectivity index (χ0n) is 15.6. The number of piperidine rings is 1. The number of halogens is 1. The smallest absolute Gasteiger partial charge is 0.348 e. The third-order valence-corrected chi connectivity index (χ3v) is 4.97. The van der Waals surface area contributed by atoms with Crippen molar-refractivity contribution in [1.82, 2.24) is 10.2 Å². The van der Waals surface area contributed by atoms with Crippen LogP contribution in [0.1, 0.15) is 32.6 Å². The maximum atomic E-state index is 12.6. The summed E-state index contributed by atoms with van der Waals surface area (Å²) in [5, 5.41) is 2.74. The predicted octanol–water partition coefficient (Wildman–Crippen LogP) is 2.28. The molecule has 2 atom stereocenters. The number of rotatable bonds is 7. The maximum Gasteiger partial charge on any atom is 0.348 e. The van der Waals surface area contributed by atoms with E-state index in [2.05, 4.69) is 21.2 Å². The Morgan fingerprint density at radius 1 is 1.26 bits per heavy atom. The number of hydrogen-bond acceptors (Lipinski definition) is 5. The number of carbonyl (C=O) groups is 3. The van der Waals surface area contributed by atoms with Crippen molar-refractivity contribution in [2.24, 2.45) is 0 Å². The van der Waals surface area contributed by atoms with Gasteiger partial charge in [0.05, 0.1) is 13.7 Å². The minimum atomic E-state index is -0.973. The van der Waals surface area contributed by atoms with E-state index in [1.165, 1.54) is 7.11 Å². The SMILES string of the molecule is CCC(=O)N1CCCCC1C(=O)NCC(Oc1ccc(Br)cc1)C(=O)OC. The Kier molecular flexibility index (Phi) is 8.09. The van der Waals surface area contributed by atoms with Crippen molar-refractivity contribution in [1.29, 1.82) is 0 Å². The lowest BCUT2D eigenvalue weighted by molar-refractivity contribution is -0.149. The number of ether oxygens (including phenoxy) is 2. The largest absolute Gasteiger partial charge is 0.477 e. The number of esters is 1. The number of likely N-dealkylation sites (tertiary alicyclic amines) is 1. The van der Waals surface area contributed by atoms with Gasteiger partial charge < -0.3 is 19.7 Å². The van der Waals surface area contributed by atoms with E-state index in [4.69, 9.17) is 9.47 Å². The molecule has 148 valence electrons. The average molecular weight is 441 g/mol. The summed E-state index contributed by atoms with van der Waals surface area (Å²) < 4.78 is 11.3. The second-order valence-electron chi connectivity index (χ2n) is 6.28. The van der Waals surface area contributed by atoms with Crippen LogP contribution in [0.2, 0.25) is 0 Å². The fraction of sp³-hybridized carbons (Fsp3) is 0.526. The highest BCUT2D eigenvalue weighted by molar-refractivity contribution is 9.10. The molecule has 0 aromatic heterocycles. The molecule has 1 aromatic carbocycles. The van der Waals surface area contributed by atoms with E-state index < -0.39 is 18.1 Å². The molecule has 2 rings (SSSR count). The van der Waals surface area contributed by atoms with Gasteiger partial charge >= 0.3 is 5.97 Å². The van der Waals surface area contributed by atoms with E-state index in [-0.39, 0.29) is 18.4 Å². The van der Waals surface area contributed by atoms with Crippen LogP contribution < -0.4 is 10.1 Å². The fourth-order valence-electron chi connectivity index (χ4n) is 3.00.